The van der Waals surface area contributed by atoms with Crippen molar-refractivity contribution in [1.82, 2.24) is 0 Å². The third-order valence-corrected chi connectivity index (χ3v) is 2.90. The van der Waals surface area contributed by atoms with Gasteiger partial charge >= 0.3 is 0 Å². The van der Waals surface area contributed by atoms with Gasteiger partial charge in [-0.1, -0.05) is 5.46 Å². The van der Waals surface area contributed by atoms with Gasteiger partial charge in [-0.05, 0) is 30.1 Å². The second-order valence-corrected chi connectivity index (χ2v) is 4.26. The number of hydrogen-bond donors (Lipinski definition) is 0. The fraction of sp³-hybridized carbons (Fsp3) is 0.143. The predicted molar refractivity (Wildman–Crippen MR) is 69.0 cm³/mol. The van der Waals surface area contributed by atoms with Crippen molar-refractivity contribution in [3.8, 4) is 5.75 Å². The van der Waals surface area contributed by atoms with Gasteiger partial charge in [0.25, 0.3) is 0 Å². The van der Waals surface area contributed by atoms with Gasteiger partial charge in [-0.2, -0.15) is 0 Å². The first-order valence-corrected chi connectivity index (χ1v) is 5.76. The van der Waals surface area contributed by atoms with Crippen molar-refractivity contribution in [3.05, 3.63) is 53.1 Å². The molecule has 0 aliphatic carbocycles. The highest BCUT2D eigenvalue weighted by molar-refractivity contribution is 6.68. The second-order valence-electron chi connectivity index (χ2n) is 4.26. The van der Waals surface area contributed by atoms with E-state index in [9.17, 15) is 17.6 Å². The summed E-state index contributed by atoms with van der Waals surface area (Å²) in [4.78, 5) is 0. The van der Waals surface area contributed by atoms with E-state index in [1.807, 2.05) is 0 Å². The van der Waals surface area contributed by atoms with Crippen LogP contribution in [-0.2, 0) is 0 Å². The van der Waals surface area contributed by atoms with Gasteiger partial charge < -0.3 is 4.74 Å². The van der Waals surface area contributed by atoms with Gasteiger partial charge in [0.15, 0.2) is 13.1 Å². The van der Waals surface area contributed by atoms with Crippen molar-refractivity contribution in [2.45, 2.75) is 6.92 Å². The molecule has 0 heterocycles. The monoisotopic (exact) mass is 281 g/mol. The summed E-state index contributed by atoms with van der Waals surface area (Å²) in [5.74, 6) is -3.37. The van der Waals surface area contributed by atoms with Gasteiger partial charge in [-0.25, -0.2) is 17.6 Å². The molecule has 1 radical (unpaired) electrons. The van der Waals surface area contributed by atoms with Crippen molar-refractivity contribution in [3.63, 3.8) is 0 Å². The predicted octanol–water partition coefficient (Wildman–Crippen LogP) is 2.22. The van der Waals surface area contributed by atoms with E-state index in [1.165, 1.54) is 21.3 Å². The standard InChI is InChI=1S/C14H10BF4O/c1-7-10(3-8(16)5-12(7)18)15-11-4-9(17)6-13(19)14(11)20-2/h3-6H,1-2H3. The molecule has 6 heteroatoms. The van der Waals surface area contributed by atoms with E-state index in [0.717, 1.165) is 18.2 Å². The summed E-state index contributed by atoms with van der Waals surface area (Å²) in [5, 5.41) is 0. The van der Waals surface area contributed by atoms with E-state index in [0.29, 0.717) is 6.07 Å². The summed E-state index contributed by atoms with van der Waals surface area (Å²) in [6.07, 6.45) is 0. The largest absolute Gasteiger partial charge is 0.494 e. The van der Waals surface area contributed by atoms with Crippen LogP contribution in [0.1, 0.15) is 5.56 Å². The highest BCUT2D eigenvalue weighted by Gasteiger charge is 2.16. The molecule has 0 saturated carbocycles. The Morgan fingerprint density at radius 3 is 2.00 bits per heavy atom. The Morgan fingerprint density at radius 2 is 1.40 bits per heavy atom. The highest BCUT2D eigenvalue weighted by atomic mass is 19.1. The third kappa shape index (κ3) is 2.79. The number of halogens is 4. The summed E-state index contributed by atoms with van der Waals surface area (Å²) in [6.45, 7) is 1.45. The lowest BCUT2D eigenvalue weighted by Crippen LogP contribution is -2.32. The Kier molecular flexibility index (Phi) is 4.02. The molecule has 20 heavy (non-hydrogen) atoms. The third-order valence-electron chi connectivity index (χ3n) is 2.90. The van der Waals surface area contributed by atoms with Gasteiger partial charge in [0.05, 0.1) is 7.11 Å². The van der Waals surface area contributed by atoms with Crippen molar-refractivity contribution < 1.29 is 22.3 Å². The fourth-order valence-electron chi connectivity index (χ4n) is 1.89. The Labute approximate surface area is 114 Å². The molecule has 0 N–H and O–H groups in total. The van der Waals surface area contributed by atoms with Gasteiger partial charge in [-0.3, -0.25) is 0 Å². The zero-order valence-corrected chi connectivity index (χ0v) is 10.8. The lowest BCUT2D eigenvalue weighted by Gasteiger charge is -2.11. The van der Waals surface area contributed by atoms with Crippen LogP contribution in [0.25, 0.3) is 0 Å². The molecule has 0 aliphatic heterocycles. The topological polar surface area (TPSA) is 9.23 Å². The molecule has 0 spiro atoms. The molecule has 0 saturated heterocycles. The van der Waals surface area contributed by atoms with Crippen LogP contribution in [0.15, 0.2) is 24.3 Å². The van der Waals surface area contributed by atoms with E-state index in [1.54, 1.807) is 0 Å². The lowest BCUT2D eigenvalue weighted by atomic mass is 9.62. The van der Waals surface area contributed by atoms with Gasteiger partial charge in [0.2, 0.25) is 0 Å². The SMILES string of the molecule is COc1c(F)cc(F)cc1[B]c1cc(F)cc(F)c1C. The maximum Gasteiger partial charge on any atom is 0.197 e. The van der Waals surface area contributed by atoms with E-state index in [4.69, 9.17) is 4.74 Å². The minimum Gasteiger partial charge on any atom is -0.494 e. The first-order chi connectivity index (χ1) is 9.42. The Bertz CT molecular complexity index is 658. The first kappa shape index (κ1) is 14.4. The minimum atomic E-state index is -0.881. The number of hydrogen-bond acceptors (Lipinski definition) is 1. The van der Waals surface area contributed by atoms with Crippen molar-refractivity contribution in [1.29, 1.82) is 0 Å². The lowest BCUT2D eigenvalue weighted by molar-refractivity contribution is 0.388. The van der Waals surface area contributed by atoms with Crippen LogP contribution in [0.2, 0.25) is 0 Å². The average molecular weight is 281 g/mol. The van der Waals surface area contributed by atoms with Crippen LogP contribution in [-0.4, -0.2) is 14.4 Å². The molecule has 0 aliphatic rings. The number of benzene rings is 2. The summed E-state index contributed by atoms with van der Waals surface area (Å²) < 4.78 is 58.3. The average Bonchev–Trinajstić information content (AvgIpc) is 2.35. The van der Waals surface area contributed by atoms with Crippen molar-refractivity contribution in [2.75, 3.05) is 7.11 Å². The quantitative estimate of drug-likeness (QED) is 0.619. The number of rotatable bonds is 3. The maximum absolute atomic E-state index is 13.5. The summed E-state index contributed by atoms with van der Waals surface area (Å²) in [6, 6.07) is 3.54. The highest BCUT2D eigenvalue weighted by Crippen LogP contribution is 2.15. The molecule has 2 aromatic rings. The van der Waals surface area contributed by atoms with Crippen LogP contribution < -0.4 is 15.7 Å². The summed E-state index contributed by atoms with van der Waals surface area (Å²) in [5.41, 5.74) is 0.432. The Morgan fingerprint density at radius 1 is 0.850 bits per heavy atom. The van der Waals surface area contributed by atoms with Crippen molar-refractivity contribution in [2.24, 2.45) is 0 Å². The Hall–Kier alpha value is -1.98. The van der Waals surface area contributed by atoms with Crippen LogP contribution >= 0.6 is 0 Å². The molecule has 2 aromatic carbocycles. The summed E-state index contributed by atoms with van der Waals surface area (Å²) >= 11 is 0. The zero-order chi connectivity index (χ0) is 14.9. The molecule has 0 atom stereocenters. The maximum atomic E-state index is 13.5. The van der Waals surface area contributed by atoms with Gasteiger partial charge in [0, 0.05) is 12.1 Å². The normalized spacial score (nSPS) is 10.5. The molecule has 0 unspecified atom stereocenters. The van der Waals surface area contributed by atoms with E-state index < -0.39 is 23.3 Å². The van der Waals surface area contributed by atoms with E-state index in [2.05, 4.69) is 0 Å². The molecule has 0 aromatic heterocycles. The Balaban J connectivity index is 2.50. The molecule has 2 rings (SSSR count). The van der Waals surface area contributed by atoms with E-state index >= 15 is 0 Å². The van der Waals surface area contributed by atoms with Gasteiger partial charge in [0.1, 0.15) is 23.2 Å². The van der Waals surface area contributed by atoms with Crippen LogP contribution in [0.4, 0.5) is 17.6 Å². The van der Waals surface area contributed by atoms with Gasteiger partial charge in [-0.15, -0.1) is 0 Å². The zero-order valence-electron chi connectivity index (χ0n) is 10.8. The van der Waals surface area contributed by atoms with Crippen LogP contribution in [0.3, 0.4) is 0 Å². The smallest absolute Gasteiger partial charge is 0.197 e. The molecular formula is C14H10BF4O. The number of ether oxygens (including phenoxy) is 1. The first-order valence-electron chi connectivity index (χ1n) is 5.76. The second kappa shape index (κ2) is 5.57. The molecule has 1 nitrogen and oxygen atoms in total. The molecular weight excluding hydrogens is 271 g/mol. The minimum absolute atomic E-state index is 0.0677. The fourth-order valence-corrected chi connectivity index (χ4v) is 1.89. The summed E-state index contributed by atoms with van der Waals surface area (Å²) in [7, 11) is 2.50. The molecule has 103 valence electrons. The number of methoxy groups -OCH3 is 1. The van der Waals surface area contributed by atoms with Crippen molar-refractivity contribution >= 4 is 18.2 Å². The molecule has 0 amide bonds. The molecule has 0 fully saturated rings. The molecule has 0 bridgehead atoms. The van der Waals surface area contributed by atoms with E-state index in [-0.39, 0.29) is 22.2 Å². The van der Waals surface area contributed by atoms with Crippen LogP contribution in [0.5, 0.6) is 5.75 Å². The van der Waals surface area contributed by atoms with Crippen LogP contribution in [0, 0.1) is 30.2 Å².